The van der Waals surface area contributed by atoms with E-state index in [1.54, 1.807) is 0 Å². The molecule has 2 heteroatoms. The zero-order valence-electron chi connectivity index (χ0n) is 9.67. The van der Waals surface area contributed by atoms with Gasteiger partial charge in [-0.3, -0.25) is 9.97 Å². The van der Waals surface area contributed by atoms with Crippen LogP contribution in [-0.4, -0.2) is 9.97 Å². The normalized spacial score (nSPS) is 11.3. The van der Waals surface area contributed by atoms with E-state index in [1.165, 1.54) is 10.8 Å². The Morgan fingerprint density at radius 1 is 0.611 bits per heavy atom. The standard InChI is InChI=1S/C16H10N2/c1-2-6-13-11(4-1)7-8-14-15-12(5-3-9-17-15)10-18-16(13)14/h1-10H. The van der Waals surface area contributed by atoms with Gasteiger partial charge >= 0.3 is 0 Å². The first-order chi connectivity index (χ1) is 8.93. The van der Waals surface area contributed by atoms with Gasteiger partial charge < -0.3 is 0 Å². The molecule has 0 bridgehead atoms. The third kappa shape index (κ3) is 1.23. The molecule has 0 spiro atoms. The fourth-order valence-corrected chi connectivity index (χ4v) is 2.47. The van der Waals surface area contributed by atoms with Crippen molar-refractivity contribution in [1.29, 1.82) is 0 Å². The van der Waals surface area contributed by atoms with Gasteiger partial charge in [0.25, 0.3) is 0 Å². The number of fused-ring (bicyclic) bond motifs is 5. The Kier molecular flexibility index (Phi) is 1.86. The first-order valence-corrected chi connectivity index (χ1v) is 5.95. The van der Waals surface area contributed by atoms with Gasteiger partial charge in [-0.2, -0.15) is 0 Å². The van der Waals surface area contributed by atoms with Crippen molar-refractivity contribution in [3.63, 3.8) is 0 Å². The molecule has 4 aromatic rings. The number of pyridine rings is 2. The quantitative estimate of drug-likeness (QED) is 0.428. The van der Waals surface area contributed by atoms with E-state index in [4.69, 9.17) is 0 Å². The predicted molar refractivity (Wildman–Crippen MR) is 74.6 cm³/mol. The third-order valence-electron chi connectivity index (χ3n) is 3.33. The summed E-state index contributed by atoms with van der Waals surface area (Å²) < 4.78 is 0. The molecular formula is C16H10N2. The molecule has 0 N–H and O–H groups in total. The minimum atomic E-state index is 1.02. The lowest BCUT2D eigenvalue weighted by molar-refractivity contribution is 1.39. The van der Waals surface area contributed by atoms with Crippen molar-refractivity contribution in [3.05, 3.63) is 60.9 Å². The van der Waals surface area contributed by atoms with E-state index in [-0.39, 0.29) is 0 Å². The summed E-state index contributed by atoms with van der Waals surface area (Å²) in [4.78, 5) is 9.07. The van der Waals surface area contributed by atoms with Crippen molar-refractivity contribution in [3.8, 4) is 0 Å². The van der Waals surface area contributed by atoms with Crippen molar-refractivity contribution >= 4 is 32.6 Å². The molecule has 0 saturated heterocycles. The van der Waals surface area contributed by atoms with Crippen LogP contribution in [0, 0.1) is 0 Å². The summed E-state index contributed by atoms with van der Waals surface area (Å²) in [5.74, 6) is 0. The fourth-order valence-electron chi connectivity index (χ4n) is 2.47. The summed E-state index contributed by atoms with van der Waals surface area (Å²) in [5, 5.41) is 4.60. The van der Waals surface area contributed by atoms with Crippen molar-refractivity contribution in [2.75, 3.05) is 0 Å². The molecule has 2 heterocycles. The first-order valence-electron chi connectivity index (χ1n) is 5.95. The number of hydrogen-bond acceptors (Lipinski definition) is 2. The molecule has 2 nitrogen and oxygen atoms in total. The molecule has 0 aliphatic rings. The van der Waals surface area contributed by atoms with Gasteiger partial charge in [-0.15, -0.1) is 0 Å². The maximum atomic E-state index is 4.60. The summed E-state index contributed by atoms with van der Waals surface area (Å²) in [6.07, 6.45) is 3.73. The lowest BCUT2D eigenvalue weighted by atomic mass is 10.0. The van der Waals surface area contributed by atoms with Gasteiger partial charge in [-0.25, -0.2) is 0 Å². The number of hydrogen-bond donors (Lipinski definition) is 0. The maximum absolute atomic E-state index is 4.60. The SMILES string of the molecule is c1ccc2c(c1)ccc1c3ncccc3cnc21. The highest BCUT2D eigenvalue weighted by Crippen LogP contribution is 2.27. The molecule has 0 aliphatic heterocycles. The number of aromatic nitrogens is 2. The van der Waals surface area contributed by atoms with Crippen molar-refractivity contribution in [2.45, 2.75) is 0 Å². The van der Waals surface area contributed by atoms with Crippen LogP contribution in [0.15, 0.2) is 60.9 Å². The summed E-state index contributed by atoms with van der Waals surface area (Å²) in [6, 6.07) is 16.5. The van der Waals surface area contributed by atoms with Crippen LogP contribution in [0.3, 0.4) is 0 Å². The molecule has 2 aromatic heterocycles. The van der Waals surface area contributed by atoms with Crippen molar-refractivity contribution in [1.82, 2.24) is 9.97 Å². The van der Waals surface area contributed by atoms with Gasteiger partial charge in [-0.05, 0) is 23.6 Å². The topological polar surface area (TPSA) is 25.8 Å². The van der Waals surface area contributed by atoms with Gasteiger partial charge in [0, 0.05) is 28.6 Å². The second-order valence-corrected chi connectivity index (χ2v) is 4.38. The Labute approximate surface area is 104 Å². The third-order valence-corrected chi connectivity index (χ3v) is 3.33. The Balaban J connectivity index is 2.31. The van der Waals surface area contributed by atoms with Gasteiger partial charge in [0.15, 0.2) is 0 Å². The maximum Gasteiger partial charge on any atom is 0.0811 e. The molecule has 0 radical (unpaired) electrons. The second kappa shape index (κ2) is 3.50. The van der Waals surface area contributed by atoms with E-state index in [0.29, 0.717) is 0 Å². The summed E-state index contributed by atoms with van der Waals surface area (Å²) in [7, 11) is 0. The molecule has 0 aliphatic carbocycles. The number of benzene rings is 2. The lowest BCUT2D eigenvalue weighted by Gasteiger charge is -2.05. The van der Waals surface area contributed by atoms with E-state index in [0.717, 1.165) is 21.8 Å². The zero-order valence-corrected chi connectivity index (χ0v) is 9.67. The lowest BCUT2D eigenvalue weighted by Crippen LogP contribution is -1.86. The highest BCUT2D eigenvalue weighted by atomic mass is 14.7. The van der Waals surface area contributed by atoms with Crippen LogP contribution < -0.4 is 0 Å². The summed E-state index contributed by atoms with van der Waals surface area (Å²) in [5.41, 5.74) is 2.05. The molecule has 0 saturated carbocycles. The van der Waals surface area contributed by atoms with E-state index in [2.05, 4.69) is 34.2 Å². The zero-order chi connectivity index (χ0) is 11.9. The molecule has 0 fully saturated rings. The fraction of sp³-hybridized carbons (Fsp3) is 0. The molecule has 0 unspecified atom stereocenters. The minimum absolute atomic E-state index is 1.02. The first kappa shape index (κ1) is 9.54. The highest BCUT2D eigenvalue weighted by Gasteiger charge is 2.05. The van der Waals surface area contributed by atoms with Gasteiger partial charge in [0.2, 0.25) is 0 Å². The number of nitrogens with zero attached hydrogens (tertiary/aromatic N) is 2. The molecule has 0 atom stereocenters. The summed E-state index contributed by atoms with van der Waals surface area (Å²) >= 11 is 0. The number of rotatable bonds is 0. The van der Waals surface area contributed by atoms with Crippen LogP contribution >= 0.6 is 0 Å². The van der Waals surface area contributed by atoms with Gasteiger partial charge in [0.1, 0.15) is 0 Å². The van der Waals surface area contributed by atoms with Crippen LogP contribution in [0.2, 0.25) is 0 Å². The molecule has 18 heavy (non-hydrogen) atoms. The van der Waals surface area contributed by atoms with Crippen molar-refractivity contribution < 1.29 is 0 Å². The predicted octanol–water partition coefficient (Wildman–Crippen LogP) is 3.94. The van der Waals surface area contributed by atoms with Crippen LogP contribution in [0.1, 0.15) is 0 Å². The monoisotopic (exact) mass is 230 g/mol. The van der Waals surface area contributed by atoms with E-state index in [9.17, 15) is 0 Å². The second-order valence-electron chi connectivity index (χ2n) is 4.38. The van der Waals surface area contributed by atoms with Crippen LogP contribution in [-0.2, 0) is 0 Å². The van der Waals surface area contributed by atoms with E-state index in [1.807, 2.05) is 36.7 Å². The van der Waals surface area contributed by atoms with Gasteiger partial charge in [-0.1, -0.05) is 30.3 Å². The Bertz CT molecular complexity index is 806. The van der Waals surface area contributed by atoms with Crippen LogP contribution in [0.25, 0.3) is 32.6 Å². The van der Waals surface area contributed by atoms with E-state index < -0.39 is 0 Å². The molecule has 0 amide bonds. The Morgan fingerprint density at radius 2 is 1.50 bits per heavy atom. The van der Waals surface area contributed by atoms with Crippen molar-refractivity contribution in [2.24, 2.45) is 0 Å². The minimum Gasteiger partial charge on any atom is -0.255 e. The smallest absolute Gasteiger partial charge is 0.0811 e. The molecule has 4 rings (SSSR count). The Hall–Kier alpha value is -2.48. The van der Waals surface area contributed by atoms with Crippen LogP contribution in [0.4, 0.5) is 0 Å². The largest absolute Gasteiger partial charge is 0.255 e. The molecular weight excluding hydrogens is 220 g/mol. The van der Waals surface area contributed by atoms with Crippen LogP contribution in [0.5, 0.6) is 0 Å². The summed E-state index contributed by atoms with van der Waals surface area (Å²) in [6.45, 7) is 0. The molecule has 84 valence electrons. The average Bonchev–Trinajstić information content (AvgIpc) is 2.46. The highest BCUT2D eigenvalue weighted by molar-refractivity contribution is 6.13. The van der Waals surface area contributed by atoms with E-state index >= 15 is 0 Å². The Morgan fingerprint density at radius 3 is 2.50 bits per heavy atom. The molecule has 2 aromatic carbocycles. The van der Waals surface area contributed by atoms with Gasteiger partial charge in [0.05, 0.1) is 11.0 Å². The average molecular weight is 230 g/mol.